The topological polar surface area (TPSA) is 36.7 Å². The number of rotatable bonds is 2. The first-order valence-electron chi connectivity index (χ1n) is 4.91. The number of aromatic nitrogens is 1. The fraction of sp³-hybridized carbons (Fsp3) is 0.167. The standard InChI is InChI=1S/C12H9ClN2S/c1-2-11-9(7-14)12(16-15-11)8-5-3-4-6-10(8)13/h3-6H,2H2,1H3. The minimum atomic E-state index is 0.653. The molecule has 0 amide bonds. The number of hydrogen-bond acceptors (Lipinski definition) is 3. The molecule has 1 heterocycles. The van der Waals surface area contributed by atoms with E-state index in [1.165, 1.54) is 11.5 Å². The molecule has 0 N–H and O–H groups in total. The summed E-state index contributed by atoms with van der Waals surface area (Å²) in [4.78, 5) is 0.866. The number of nitrogens with zero attached hydrogens (tertiary/aromatic N) is 2. The van der Waals surface area contributed by atoms with Gasteiger partial charge in [0.1, 0.15) is 6.07 Å². The summed E-state index contributed by atoms with van der Waals surface area (Å²) in [5.74, 6) is 0. The predicted molar refractivity (Wildman–Crippen MR) is 66.7 cm³/mol. The van der Waals surface area contributed by atoms with Crippen molar-refractivity contribution in [1.82, 2.24) is 4.37 Å². The highest BCUT2D eigenvalue weighted by molar-refractivity contribution is 7.10. The summed E-state index contributed by atoms with van der Waals surface area (Å²) in [6, 6.07) is 9.73. The van der Waals surface area contributed by atoms with Crippen molar-refractivity contribution in [2.75, 3.05) is 0 Å². The van der Waals surface area contributed by atoms with Crippen molar-refractivity contribution in [2.45, 2.75) is 13.3 Å². The predicted octanol–water partition coefficient (Wildman–Crippen LogP) is 3.90. The highest BCUT2D eigenvalue weighted by atomic mass is 35.5. The molecule has 0 unspecified atom stereocenters. The lowest BCUT2D eigenvalue weighted by molar-refractivity contribution is 1.08. The second kappa shape index (κ2) is 4.65. The first-order valence-corrected chi connectivity index (χ1v) is 6.06. The number of nitriles is 1. The van der Waals surface area contributed by atoms with E-state index in [-0.39, 0.29) is 0 Å². The monoisotopic (exact) mass is 248 g/mol. The lowest BCUT2D eigenvalue weighted by atomic mass is 10.1. The zero-order chi connectivity index (χ0) is 11.5. The van der Waals surface area contributed by atoms with Crippen LogP contribution in [0, 0.1) is 11.3 Å². The van der Waals surface area contributed by atoms with Crippen LogP contribution in [0.25, 0.3) is 10.4 Å². The lowest BCUT2D eigenvalue weighted by Gasteiger charge is -2.00. The maximum absolute atomic E-state index is 9.15. The zero-order valence-electron chi connectivity index (χ0n) is 8.70. The third-order valence-corrected chi connectivity index (χ3v) is 3.58. The summed E-state index contributed by atoms with van der Waals surface area (Å²) in [5, 5.41) is 9.80. The van der Waals surface area contributed by atoms with Crippen LogP contribution in [0.1, 0.15) is 18.2 Å². The number of halogens is 1. The Labute approximate surface area is 103 Å². The van der Waals surface area contributed by atoms with Crippen LogP contribution >= 0.6 is 23.1 Å². The van der Waals surface area contributed by atoms with E-state index < -0.39 is 0 Å². The second-order valence-electron chi connectivity index (χ2n) is 3.28. The van der Waals surface area contributed by atoms with Gasteiger partial charge in [0.15, 0.2) is 0 Å². The Balaban J connectivity index is 2.62. The van der Waals surface area contributed by atoms with Crippen molar-refractivity contribution in [3.05, 3.63) is 40.5 Å². The van der Waals surface area contributed by atoms with Crippen LogP contribution in [-0.2, 0) is 6.42 Å². The smallest absolute Gasteiger partial charge is 0.103 e. The molecule has 0 saturated carbocycles. The van der Waals surface area contributed by atoms with Gasteiger partial charge in [-0.3, -0.25) is 0 Å². The van der Waals surface area contributed by atoms with E-state index in [2.05, 4.69) is 10.4 Å². The summed E-state index contributed by atoms with van der Waals surface area (Å²) in [6.07, 6.45) is 0.768. The molecule has 1 aromatic heterocycles. The maximum atomic E-state index is 9.15. The Morgan fingerprint density at radius 3 is 2.81 bits per heavy atom. The molecule has 0 atom stereocenters. The number of hydrogen-bond donors (Lipinski definition) is 0. The van der Waals surface area contributed by atoms with Crippen LogP contribution < -0.4 is 0 Å². The molecule has 80 valence electrons. The van der Waals surface area contributed by atoms with E-state index >= 15 is 0 Å². The van der Waals surface area contributed by atoms with Crippen LogP contribution in [0.5, 0.6) is 0 Å². The largest absolute Gasteiger partial charge is 0.196 e. The van der Waals surface area contributed by atoms with E-state index in [1.54, 1.807) is 0 Å². The van der Waals surface area contributed by atoms with Crippen LogP contribution in [-0.4, -0.2) is 4.37 Å². The normalized spacial score (nSPS) is 10.1. The summed E-state index contributed by atoms with van der Waals surface area (Å²) in [7, 11) is 0. The third kappa shape index (κ3) is 1.82. The SMILES string of the molecule is CCc1nsc(-c2ccccc2Cl)c1C#N. The third-order valence-electron chi connectivity index (χ3n) is 2.33. The number of aryl methyl sites for hydroxylation is 1. The minimum absolute atomic E-state index is 0.653. The van der Waals surface area contributed by atoms with E-state index in [9.17, 15) is 0 Å². The van der Waals surface area contributed by atoms with Crippen LogP contribution in [0.2, 0.25) is 5.02 Å². The molecule has 0 aliphatic rings. The molecule has 2 rings (SSSR count). The molecule has 0 spiro atoms. The van der Waals surface area contributed by atoms with Crippen molar-refractivity contribution >= 4 is 23.1 Å². The molecule has 0 radical (unpaired) electrons. The van der Waals surface area contributed by atoms with Gasteiger partial charge in [0.25, 0.3) is 0 Å². The van der Waals surface area contributed by atoms with Crippen molar-refractivity contribution in [1.29, 1.82) is 5.26 Å². The van der Waals surface area contributed by atoms with Gasteiger partial charge >= 0.3 is 0 Å². The lowest BCUT2D eigenvalue weighted by Crippen LogP contribution is -1.85. The van der Waals surface area contributed by atoms with Crippen molar-refractivity contribution in [3.8, 4) is 16.5 Å². The van der Waals surface area contributed by atoms with Gasteiger partial charge in [-0.2, -0.15) is 9.64 Å². The quantitative estimate of drug-likeness (QED) is 0.808. The van der Waals surface area contributed by atoms with Gasteiger partial charge in [0, 0.05) is 10.6 Å². The fourth-order valence-corrected chi connectivity index (χ4v) is 2.75. The molecule has 16 heavy (non-hydrogen) atoms. The Morgan fingerprint density at radius 1 is 1.44 bits per heavy atom. The van der Waals surface area contributed by atoms with E-state index in [0.29, 0.717) is 10.6 Å². The molecule has 4 heteroatoms. The summed E-state index contributed by atoms with van der Waals surface area (Å²) >= 11 is 7.45. The second-order valence-corrected chi connectivity index (χ2v) is 4.46. The number of benzene rings is 1. The molecular weight excluding hydrogens is 240 g/mol. The van der Waals surface area contributed by atoms with Crippen molar-refractivity contribution in [2.24, 2.45) is 0 Å². The van der Waals surface area contributed by atoms with Crippen LogP contribution in [0.4, 0.5) is 0 Å². The van der Waals surface area contributed by atoms with Gasteiger partial charge in [0.05, 0.1) is 16.1 Å². The van der Waals surface area contributed by atoms with Gasteiger partial charge in [0.2, 0.25) is 0 Å². The molecule has 0 aliphatic carbocycles. The van der Waals surface area contributed by atoms with Crippen LogP contribution in [0.15, 0.2) is 24.3 Å². The molecule has 0 aliphatic heterocycles. The van der Waals surface area contributed by atoms with Gasteiger partial charge in [-0.05, 0) is 24.0 Å². The van der Waals surface area contributed by atoms with Gasteiger partial charge < -0.3 is 0 Å². The molecule has 0 fully saturated rings. The first kappa shape index (κ1) is 11.1. The molecule has 0 saturated heterocycles. The maximum Gasteiger partial charge on any atom is 0.103 e. The Hall–Kier alpha value is -1.37. The molecule has 1 aromatic carbocycles. The van der Waals surface area contributed by atoms with Crippen molar-refractivity contribution < 1.29 is 0 Å². The average Bonchev–Trinajstić information content (AvgIpc) is 2.72. The molecule has 2 aromatic rings. The summed E-state index contributed by atoms with van der Waals surface area (Å²) < 4.78 is 4.28. The molecule has 0 bridgehead atoms. The van der Waals surface area contributed by atoms with Crippen LogP contribution in [0.3, 0.4) is 0 Å². The minimum Gasteiger partial charge on any atom is -0.196 e. The summed E-state index contributed by atoms with van der Waals surface area (Å²) in [6.45, 7) is 1.99. The highest BCUT2D eigenvalue weighted by Crippen LogP contribution is 2.34. The fourth-order valence-electron chi connectivity index (χ4n) is 1.51. The Kier molecular flexibility index (Phi) is 3.23. The molecular formula is C12H9ClN2S. The van der Waals surface area contributed by atoms with Crippen molar-refractivity contribution in [3.63, 3.8) is 0 Å². The average molecular weight is 249 g/mol. The zero-order valence-corrected chi connectivity index (χ0v) is 10.3. The molecule has 2 nitrogen and oxygen atoms in total. The first-order chi connectivity index (χ1) is 7.77. The Bertz CT molecular complexity index is 554. The van der Waals surface area contributed by atoms with Gasteiger partial charge in [-0.25, -0.2) is 0 Å². The van der Waals surface area contributed by atoms with E-state index in [4.69, 9.17) is 16.9 Å². The van der Waals surface area contributed by atoms with E-state index in [1.807, 2.05) is 31.2 Å². The summed E-state index contributed by atoms with van der Waals surface area (Å²) in [5.41, 5.74) is 2.39. The van der Waals surface area contributed by atoms with Gasteiger partial charge in [-0.1, -0.05) is 36.7 Å². The van der Waals surface area contributed by atoms with Gasteiger partial charge in [-0.15, -0.1) is 0 Å². The Morgan fingerprint density at radius 2 is 2.19 bits per heavy atom. The highest BCUT2D eigenvalue weighted by Gasteiger charge is 2.15. The van der Waals surface area contributed by atoms with E-state index in [0.717, 1.165) is 22.6 Å².